The lowest BCUT2D eigenvalue weighted by atomic mass is 9.80. The van der Waals surface area contributed by atoms with Gasteiger partial charge in [0.25, 0.3) is 0 Å². The van der Waals surface area contributed by atoms with Crippen molar-refractivity contribution < 1.29 is 0 Å². The van der Waals surface area contributed by atoms with Crippen LogP contribution >= 0.6 is 15.9 Å². The SMILES string of the molecule is NC1CC(c2ncc(-c3ccc(Br)cc3)[nH]2)C1. The number of nitrogens with two attached hydrogens (primary N) is 1. The summed E-state index contributed by atoms with van der Waals surface area (Å²) in [6.07, 6.45) is 4.00. The minimum atomic E-state index is 0.362. The Morgan fingerprint density at radius 3 is 2.59 bits per heavy atom. The van der Waals surface area contributed by atoms with Crippen molar-refractivity contribution in [2.24, 2.45) is 5.73 Å². The van der Waals surface area contributed by atoms with Crippen LogP contribution in [0.4, 0.5) is 0 Å². The molecule has 3 rings (SSSR count). The average molecular weight is 292 g/mol. The summed E-state index contributed by atoms with van der Waals surface area (Å²) in [7, 11) is 0. The normalized spacial score (nSPS) is 23.4. The first-order valence-electron chi connectivity index (χ1n) is 5.79. The quantitative estimate of drug-likeness (QED) is 0.894. The summed E-state index contributed by atoms with van der Waals surface area (Å²) in [5.41, 5.74) is 8.03. The number of nitrogens with one attached hydrogen (secondary N) is 1. The molecule has 0 radical (unpaired) electrons. The summed E-state index contributed by atoms with van der Waals surface area (Å²) in [6.45, 7) is 0. The Hall–Kier alpha value is -1.13. The first-order chi connectivity index (χ1) is 8.22. The minimum absolute atomic E-state index is 0.362. The fraction of sp³-hybridized carbons (Fsp3) is 0.308. The number of hydrogen-bond acceptors (Lipinski definition) is 2. The van der Waals surface area contributed by atoms with Gasteiger partial charge in [0.15, 0.2) is 0 Å². The van der Waals surface area contributed by atoms with E-state index in [4.69, 9.17) is 5.73 Å². The number of imidazole rings is 1. The number of rotatable bonds is 2. The zero-order chi connectivity index (χ0) is 11.8. The molecule has 1 heterocycles. The predicted octanol–water partition coefficient (Wildman–Crippen LogP) is 3.04. The second kappa shape index (κ2) is 4.27. The molecule has 1 saturated carbocycles. The molecule has 0 bridgehead atoms. The molecule has 4 heteroatoms. The molecule has 1 aromatic carbocycles. The molecule has 0 atom stereocenters. The third-order valence-corrected chi connectivity index (χ3v) is 3.84. The van der Waals surface area contributed by atoms with E-state index in [0.717, 1.165) is 34.4 Å². The highest BCUT2D eigenvalue weighted by molar-refractivity contribution is 9.10. The topological polar surface area (TPSA) is 54.7 Å². The summed E-state index contributed by atoms with van der Waals surface area (Å²) >= 11 is 3.43. The van der Waals surface area contributed by atoms with E-state index in [-0.39, 0.29) is 0 Å². The molecule has 3 nitrogen and oxygen atoms in total. The van der Waals surface area contributed by atoms with Crippen LogP contribution in [0.1, 0.15) is 24.6 Å². The lowest BCUT2D eigenvalue weighted by Crippen LogP contribution is -2.35. The summed E-state index contributed by atoms with van der Waals surface area (Å²) < 4.78 is 1.09. The molecular weight excluding hydrogens is 278 g/mol. The molecule has 3 N–H and O–H groups in total. The maximum absolute atomic E-state index is 5.79. The lowest BCUT2D eigenvalue weighted by molar-refractivity contribution is 0.340. The maximum Gasteiger partial charge on any atom is 0.109 e. The third-order valence-electron chi connectivity index (χ3n) is 3.31. The Kier molecular flexibility index (Phi) is 2.76. The van der Waals surface area contributed by atoms with Crippen molar-refractivity contribution in [2.75, 3.05) is 0 Å². The van der Waals surface area contributed by atoms with Crippen molar-refractivity contribution in [3.63, 3.8) is 0 Å². The maximum atomic E-state index is 5.79. The van der Waals surface area contributed by atoms with E-state index in [2.05, 4.69) is 38.0 Å². The van der Waals surface area contributed by atoms with Gasteiger partial charge in [-0.05, 0) is 30.5 Å². The predicted molar refractivity (Wildman–Crippen MR) is 71.7 cm³/mol. The van der Waals surface area contributed by atoms with Gasteiger partial charge in [0.05, 0.1) is 11.9 Å². The van der Waals surface area contributed by atoms with E-state index in [1.165, 1.54) is 0 Å². The van der Waals surface area contributed by atoms with Crippen LogP contribution in [0, 0.1) is 0 Å². The Morgan fingerprint density at radius 1 is 1.24 bits per heavy atom. The molecular formula is C13H14BrN3. The van der Waals surface area contributed by atoms with Crippen molar-refractivity contribution in [2.45, 2.75) is 24.8 Å². The van der Waals surface area contributed by atoms with Crippen LogP contribution < -0.4 is 5.73 Å². The van der Waals surface area contributed by atoms with Crippen LogP contribution in [0.3, 0.4) is 0 Å². The number of nitrogens with zero attached hydrogens (tertiary/aromatic N) is 1. The van der Waals surface area contributed by atoms with Gasteiger partial charge in [-0.3, -0.25) is 0 Å². The molecule has 17 heavy (non-hydrogen) atoms. The van der Waals surface area contributed by atoms with Crippen molar-refractivity contribution in [3.05, 3.63) is 40.8 Å². The zero-order valence-corrected chi connectivity index (χ0v) is 10.9. The second-order valence-electron chi connectivity index (χ2n) is 4.62. The van der Waals surface area contributed by atoms with Gasteiger partial charge in [-0.2, -0.15) is 0 Å². The first kappa shape index (κ1) is 11.0. The number of hydrogen-bond donors (Lipinski definition) is 2. The molecule has 1 aromatic heterocycles. The van der Waals surface area contributed by atoms with Crippen LogP contribution in [0.15, 0.2) is 34.9 Å². The number of H-pyrrole nitrogens is 1. The van der Waals surface area contributed by atoms with E-state index < -0.39 is 0 Å². The second-order valence-corrected chi connectivity index (χ2v) is 5.53. The fourth-order valence-electron chi connectivity index (χ4n) is 2.21. The zero-order valence-electron chi connectivity index (χ0n) is 9.36. The molecule has 1 aliphatic rings. The van der Waals surface area contributed by atoms with Crippen LogP contribution in [0.25, 0.3) is 11.3 Å². The van der Waals surface area contributed by atoms with Gasteiger partial charge in [-0.15, -0.1) is 0 Å². The van der Waals surface area contributed by atoms with Crippen LogP contribution in [0.2, 0.25) is 0 Å². The van der Waals surface area contributed by atoms with Crippen molar-refractivity contribution in [3.8, 4) is 11.3 Å². The van der Waals surface area contributed by atoms with Gasteiger partial charge in [0.1, 0.15) is 5.82 Å². The van der Waals surface area contributed by atoms with Crippen LogP contribution in [0.5, 0.6) is 0 Å². The van der Waals surface area contributed by atoms with Gasteiger partial charge in [0.2, 0.25) is 0 Å². The summed E-state index contributed by atoms with van der Waals surface area (Å²) in [5, 5.41) is 0. The number of aromatic nitrogens is 2. The Balaban J connectivity index is 1.82. The summed E-state index contributed by atoms with van der Waals surface area (Å²) in [4.78, 5) is 7.84. The van der Waals surface area contributed by atoms with Crippen LogP contribution in [-0.2, 0) is 0 Å². The average Bonchev–Trinajstić information content (AvgIpc) is 2.75. The smallest absolute Gasteiger partial charge is 0.109 e. The van der Waals surface area contributed by atoms with E-state index in [9.17, 15) is 0 Å². The Morgan fingerprint density at radius 2 is 1.94 bits per heavy atom. The number of aromatic amines is 1. The molecule has 1 aliphatic carbocycles. The van der Waals surface area contributed by atoms with Gasteiger partial charge in [-0.25, -0.2) is 4.98 Å². The molecule has 0 aliphatic heterocycles. The van der Waals surface area contributed by atoms with Crippen molar-refractivity contribution in [1.82, 2.24) is 9.97 Å². The van der Waals surface area contributed by atoms with Gasteiger partial charge in [0, 0.05) is 16.4 Å². The Labute approximate surface area is 109 Å². The molecule has 0 amide bonds. The first-order valence-corrected chi connectivity index (χ1v) is 6.58. The molecule has 0 spiro atoms. The van der Waals surface area contributed by atoms with E-state index in [1.54, 1.807) is 0 Å². The molecule has 1 fully saturated rings. The van der Waals surface area contributed by atoms with Crippen molar-refractivity contribution in [1.29, 1.82) is 0 Å². The van der Waals surface area contributed by atoms with E-state index >= 15 is 0 Å². The van der Waals surface area contributed by atoms with Gasteiger partial charge >= 0.3 is 0 Å². The summed E-state index contributed by atoms with van der Waals surface area (Å²) in [6, 6.07) is 8.59. The highest BCUT2D eigenvalue weighted by Gasteiger charge is 2.29. The monoisotopic (exact) mass is 291 g/mol. The molecule has 0 saturated heterocycles. The molecule has 2 aromatic rings. The molecule has 0 unspecified atom stereocenters. The van der Waals surface area contributed by atoms with Crippen molar-refractivity contribution >= 4 is 15.9 Å². The largest absolute Gasteiger partial charge is 0.342 e. The summed E-state index contributed by atoms with van der Waals surface area (Å²) in [5.74, 6) is 1.60. The number of benzene rings is 1. The van der Waals surface area contributed by atoms with E-state index in [1.807, 2.05) is 18.3 Å². The minimum Gasteiger partial charge on any atom is -0.342 e. The van der Waals surface area contributed by atoms with Gasteiger partial charge < -0.3 is 10.7 Å². The fourth-order valence-corrected chi connectivity index (χ4v) is 2.47. The highest BCUT2D eigenvalue weighted by Crippen LogP contribution is 2.34. The van der Waals surface area contributed by atoms with Gasteiger partial charge in [-0.1, -0.05) is 28.1 Å². The van der Waals surface area contributed by atoms with Crippen LogP contribution in [-0.4, -0.2) is 16.0 Å². The highest BCUT2D eigenvalue weighted by atomic mass is 79.9. The van der Waals surface area contributed by atoms with E-state index in [0.29, 0.717) is 12.0 Å². The lowest BCUT2D eigenvalue weighted by Gasteiger charge is -2.30. The number of halogens is 1. The molecule has 88 valence electrons. The third kappa shape index (κ3) is 2.15. The standard InChI is InChI=1S/C13H14BrN3/c14-10-3-1-8(2-4-10)12-7-16-13(17-12)9-5-11(15)6-9/h1-4,7,9,11H,5-6,15H2,(H,16,17). The Bertz CT molecular complexity index is 512.